The maximum absolute atomic E-state index is 6.29. The first kappa shape index (κ1) is 32.7. The van der Waals surface area contributed by atoms with Crippen molar-refractivity contribution in [1.82, 2.24) is 15.0 Å². The topological polar surface area (TPSA) is 51.8 Å². The van der Waals surface area contributed by atoms with Crippen molar-refractivity contribution in [3.8, 4) is 33.9 Å². The number of hydrogen-bond donors (Lipinski definition) is 0. The smallest absolute Gasteiger partial charge is 0.164 e. The average Bonchev–Trinajstić information content (AvgIpc) is 3.85. The van der Waals surface area contributed by atoms with Crippen molar-refractivity contribution < 1.29 is 4.42 Å². The Morgan fingerprint density at radius 3 is 2.02 bits per heavy atom. The first-order valence-corrected chi connectivity index (χ1v) is 20.1. The molecule has 0 bridgehead atoms. The molecule has 0 atom stereocenters. The molecule has 6 aromatic carbocycles. The van der Waals surface area contributed by atoms with Crippen molar-refractivity contribution in [1.29, 1.82) is 0 Å². The molecule has 266 valence electrons. The molecular formula is C51H35N3OS. The molecule has 0 saturated carbocycles. The number of furan rings is 1. The summed E-state index contributed by atoms with van der Waals surface area (Å²) in [6, 6.07) is 47.3. The van der Waals surface area contributed by atoms with Crippen LogP contribution >= 0.6 is 11.3 Å². The predicted molar refractivity (Wildman–Crippen MR) is 234 cm³/mol. The Labute approximate surface area is 328 Å². The van der Waals surface area contributed by atoms with Gasteiger partial charge in [-0.25, -0.2) is 15.0 Å². The summed E-state index contributed by atoms with van der Waals surface area (Å²) in [5, 5.41) is 4.81. The van der Waals surface area contributed by atoms with Crippen LogP contribution in [0.5, 0.6) is 0 Å². The maximum atomic E-state index is 6.29. The van der Waals surface area contributed by atoms with E-state index in [2.05, 4.69) is 146 Å². The molecule has 56 heavy (non-hydrogen) atoms. The summed E-state index contributed by atoms with van der Waals surface area (Å²) in [5.74, 6) is 2.02. The molecule has 0 fully saturated rings. The number of rotatable bonds is 6. The van der Waals surface area contributed by atoms with Gasteiger partial charge in [-0.15, -0.1) is 11.3 Å². The number of fused-ring (bicyclic) bond motifs is 6. The van der Waals surface area contributed by atoms with Gasteiger partial charge in [0.2, 0.25) is 0 Å². The number of allylic oxidation sites excluding steroid dienone is 8. The van der Waals surface area contributed by atoms with Crippen LogP contribution in [0.2, 0.25) is 0 Å². The van der Waals surface area contributed by atoms with Gasteiger partial charge in [0.25, 0.3) is 0 Å². The number of thiophene rings is 1. The third kappa shape index (κ3) is 5.80. The van der Waals surface area contributed by atoms with Gasteiger partial charge in [-0.3, -0.25) is 0 Å². The fraction of sp³-hybridized carbons (Fsp3) is 0.0784. The normalized spacial score (nSPS) is 14.4. The SMILES string of the molecule is C1=CCCC(c2cccc(-c3nc(C4=CC=C(c5cccc6c5sc5ccc(-c7ccccc7)cc56)CC4)nc(-c4ccc5c(c4)oc4ccccc45)n3)c2)=C1. The van der Waals surface area contributed by atoms with Crippen LogP contribution in [-0.2, 0) is 0 Å². The Bertz CT molecular complexity index is 3140. The molecule has 0 unspecified atom stereocenters. The van der Waals surface area contributed by atoms with Gasteiger partial charge in [0.1, 0.15) is 11.2 Å². The van der Waals surface area contributed by atoms with E-state index < -0.39 is 0 Å². The summed E-state index contributed by atoms with van der Waals surface area (Å²) in [6.07, 6.45) is 14.9. The second-order valence-electron chi connectivity index (χ2n) is 14.6. The highest BCUT2D eigenvalue weighted by atomic mass is 32.1. The minimum Gasteiger partial charge on any atom is -0.456 e. The van der Waals surface area contributed by atoms with Crippen molar-refractivity contribution in [3.63, 3.8) is 0 Å². The Balaban J connectivity index is 1.00. The zero-order valence-corrected chi connectivity index (χ0v) is 31.4. The summed E-state index contributed by atoms with van der Waals surface area (Å²) in [5.41, 5.74) is 12.3. The van der Waals surface area contributed by atoms with Crippen molar-refractivity contribution in [2.24, 2.45) is 0 Å². The molecule has 9 aromatic rings. The molecule has 4 nitrogen and oxygen atoms in total. The van der Waals surface area contributed by atoms with Crippen molar-refractivity contribution in [3.05, 3.63) is 181 Å². The first-order chi connectivity index (χ1) is 27.7. The third-order valence-electron chi connectivity index (χ3n) is 11.2. The summed E-state index contributed by atoms with van der Waals surface area (Å²) in [7, 11) is 0. The van der Waals surface area contributed by atoms with Gasteiger partial charge in [-0.2, -0.15) is 0 Å². The Kier molecular flexibility index (Phi) is 7.92. The highest BCUT2D eigenvalue weighted by molar-refractivity contribution is 7.26. The molecule has 3 heterocycles. The van der Waals surface area contributed by atoms with Gasteiger partial charge in [0, 0.05) is 42.1 Å². The van der Waals surface area contributed by atoms with E-state index in [1.54, 1.807) is 0 Å². The van der Waals surface area contributed by atoms with E-state index in [1.165, 1.54) is 53.6 Å². The molecule has 0 radical (unpaired) electrons. The van der Waals surface area contributed by atoms with Gasteiger partial charge in [0.15, 0.2) is 17.5 Å². The lowest BCUT2D eigenvalue weighted by Crippen LogP contribution is -2.05. The van der Waals surface area contributed by atoms with Crippen LogP contribution in [0.3, 0.4) is 0 Å². The van der Waals surface area contributed by atoms with E-state index in [4.69, 9.17) is 19.4 Å². The molecule has 0 saturated heterocycles. The molecule has 11 rings (SSSR count). The largest absolute Gasteiger partial charge is 0.456 e. The molecule has 0 amide bonds. The summed E-state index contributed by atoms with van der Waals surface area (Å²) < 4.78 is 8.94. The molecule has 0 spiro atoms. The molecule has 0 aliphatic heterocycles. The summed E-state index contributed by atoms with van der Waals surface area (Å²) in [4.78, 5) is 15.4. The fourth-order valence-corrected chi connectivity index (χ4v) is 9.49. The lowest BCUT2D eigenvalue weighted by Gasteiger charge is -2.16. The van der Waals surface area contributed by atoms with E-state index in [0.717, 1.165) is 64.3 Å². The first-order valence-electron chi connectivity index (χ1n) is 19.3. The Morgan fingerprint density at radius 1 is 0.446 bits per heavy atom. The minimum atomic E-state index is 0.637. The number of benzene rings is 6. The number of aromatic nitrogens is 3. The Morgan fingerprint density at radius 2 is 1.16 bits per heavy atom. The van der Waals surface area contributed by atoms with Crippen LogP contribution in [0, 0.1) is 0 Å². The quantitative estimate of drug-likeness (QED) is 0.170. The van der Waals surface area contributed by atoms with E-state index in [0.29, 0.717) is 17.5 Å². The van der Waals surface area contributed by atoms with E-state index in [1.807, 2.05) is 29.5 Å². The second-order valence-corrected chi connectivity index (χ2v) is 15.7. The van der Waals surface area contributed by atoms with Crippen molar-refractivity contribution >= 4 is 70.2 Å². The Hall–Kier alpha value is -6.69. The molecule has 3 aromatic heterocycles. The zero-order valence-electron chi connectivity index (χ0n) is 30.6. The third-order valence-corrected chi connectivity index (χ3v) is 12.4. The number of hydrogen-bond acceptors (Lipinski definition) is 5. The zero-order chi connectivity index (χ0) is 37.0. The van der Waals surface area contributed by atoms with Crippen LogP contribution in [0.4, 0.5) is 0 Å². The summed E-state index contributed by atoms with van der Waals surface area (Å²) >= 11 is 1.89. The van der Waals surface area contributed by atoms with Gasteiger partial charge in [-0.05, 0) is 101 Å². The molecule has 2 aliphatic rings. The lowest BCUT2D eigenvalue weighted by molar-refractivity contribution is 0.669. The number of nitrogens with zero attached hydrogens (tertiary/aromatic N) is 3. The maximum Gasteiger partial charge on any atom is 0.164 e. The van der Waals surface area contributed by atoms with Crippen LogP contribution < -0.4 is 0 Å². The predicted octanol–water partition coefficient (Wildman–Crippen LogP) is 14.1. The van der Waals surface area contributed by atoms with Gasteiger partial charge in [-0.1, -0.05) is 127 Å². The monoisotopic (exact) mass is 737 g/mol. The number of para-hydroxylation sites is 1. The molecular weight excluding hydrogens is 703 g/mol. The van der Waals surface area contributed by atoms with E-state index >= 15 is 0 Å². The minimum absolute atomic E-state index is 0.637. The standard InChI is InChI=1S/C51H35N3OS/c1-3-11-32(12-4-1)36-15-9-16-38(29-36)50-52-49(53-51(54-50)39-25-27-42-41-17-7-8-20-45(41)55-46(42)31-39)35-23-21-34(22-24-35)40-18-10-19-43-44-30-37(33-13-5-2-6-14-33)26-28-47(44)56-48(40)43/h1-3,5-11,13-21,23,25-31H,4,12,22,24H2. The van der Waals surface area contributed by atoms with Crippen LogP contribution in [0.25, 0.3) is 92.7 Å². The highest BCUT2D eigenvalue weighted by Gasteiger charge is 2.20. The van der Waals surface area contributed by atoms with Gasteiger partial charge < -0.3 is 4.42 Å². The van der Waals surface area contributed by atoms with Gasteiger partial charge >= 0.3 is 0 Å². The summed E-state index contributed by atoms with van der Waals surface area (Å²) in [6.45, 7) is 0. The molecule has 0 N–H and O–H groups in total. The van der Waals surface area contributed by atoms with Crippen molar-refractivity contribution in [2.45, 2.75) is 25.7 Å². The highest BCUT2D eigenvalue weighted by Crippen LogP contribution is 2.42. The molecule has 2 aliphatic carbocycles. The fourth-order valence-electron chi connectivity index (χ4n) is 8.25. The van der Waals surface area contributed by atoms with E-state index in [-0.39, 0.29) is 0 Å². The average molecular weight is 738 g/mol. The van der Waals surface area contributed by atoms with Gasteiger partial charge in [0.05, 0.1) is 0 Å². The molecule has 5 heteroatoms. The van der Waals surface area contributed by atoms with Crippen molar-refractivity contribution in [2.75, 3.05) is 0 Å². The van der Waals surface area contributed by atoms with Crippen LogP contribution in [0.15, 0.2) is 168 Å². The van der Waals surface area contributed by atoms with Crippen LogP contribution in [0.1, 0.15) is 42.6 Å². The second kappa shape index (κ2) is 13.6. The van der Waals surface area contributed by atoms with Crippen LogP contribution in [-0.4, -0.2) is 15.0 Å². The van der Waals surface area contributed by atoms with E-state index in [9.17, 15) is 0 Å². The lowest BCUT2D eigenvalue weighted by atomic mass is 9.92.